The van der Waals surface area contributed by atoms with Crippen molar-refractivity contribution in [2.75, 3.05) is 13.1 Å². The third-order valence-corrected chi connectivity index (χ3v) is 6.14. The van der Waals surface area contributed by atoms with Crippen LogP contribution >= 0.6 is 11.3 Å². The zero-order valence-electron chi connectivity index (χ0n) is 15.5. The van der Waals surface area contributed by atoms with Crippen LogP contribution in [0.2, 0.25) is 0 Å². The molecule has 0 aromatic carbocycles. The van der Waals surface area contributed by atoms with Gasteiger partial charge in [0.1, 0.15) is 0 Å². The number of H-pyrrole nitrogens is 1. The number of amides is 1. The van der Waals surface area contributed by atoms with Gasteiger partial charge in [-0.3, -0.25) is 19.2 Å². The van der Waals surface area contributed by atoms with Crippen LogP contribution in [0.3, 0.4) is 0 Å². The molecule has 8 heteroatoms. The molecule has 4 heterocycles. The monoisotopic (exact) mass is 397 g/mol. The lowest BCUT2D eigenvalue weighted by molar-refractivity contribution is 0.0956. The minimum absolute atomic E-state index is 0.0393. The van der Waals surface area contributed by atoms with Crippen LogP contribution in [-0.2, 0) is 13.1 Å². The van der Waals surface area contributed by atoms with Gasteiger partial charge in [0.2, 0.25) is 5.56 Å². The van der Waals surface area contributed by atoms with Gasteiger partial charge in [-0.15, -0.1) is 11.3 Å². The van der Waals surface area contributed by atoms with E-state index in [-0.39, 0.29) is 11.5 Å². The van der Waals surface area contributed by atoms with Crippen molar-refractivity contribution in [3.05, 3.63) is 74.6 Å². The van der Waals surface area contributed by atoms with Crippen LogP contribution in [0.5, 0.6) is 0 Å². The zero-order chi connectivity index (χ0) is 19.3. The maximum Gasteiger partial charge on any atom is 0.261 e. The molecule has 0 unspecified atom stereocenters. The molecule has 3 aromatic rings. The minimum Gasteiger partial charge on any atom is -0.349 e. The first-order valence-corrected chi connectivity index (χ1v) is 10.3. The fourth-order valence-corrected chi connectivity index (χ4v) is 4.71. The Morgan fingerprint density at radius 1 is 1.36 bits per heavy atom. The molecule has 28 heavy (non-hydrogen) atoms. The summed E-state index contributed by atoms with van der Waals surface area (Å²) in [6.07, 6.45) is 7.50. The summed E-state index contributed by atoms with van der Waals surface area (Å²) in [4.78, 5) is 31.0. The highest BCUT2D eigenvalue weighted by atomic mass is 32.1. The van der Waals surface area contributed by atoms with Gasteiger partial charge in [0, 0.05) is 48.7 Å². The maximum atomic E-state index is 12.4. The van der Waals surface area contributed by atoms with E-state index in [0.29, 0.717) is 19.1 Å². The van der Waals surface area contributed by atoms with E-state index in [1.807, 2.05) is 24.4 Å². The van der Waals surface area contributed by atoms with E-state index in [4.69, 9.17) is 0 Å². The van der Waals surface area contributed by atoms with Gasteiger partial charge in [0.15, 0.2) is 0 Å². The molecular formula is C20H23N5O2S. The van der Waals surface area contributed by atoms with Crippen LogP contribution in [0.1, 0.15) is 39.0 Å². The third kappa shape index (κ3) is 4.40. The van der Waals surface area contributed by atoms with Gasteiger partial charge < -0.3 is 10.3 Å². The van der Waals surface area contributed by atoms with E-state index in [0.717, 1.165) is 36.4 Å². The van der Waals surface area contributed by atoms with Crippen molar-refractivity contribution in [1.82, 2.24) is 25.0 Å². The standard InChI is InChI=1S/C20H23N5O2S/c26-19-13-15(6-8-21-19)14-24-10-1-3-16(24)17-4-5-18(28-17)20(27)22-9-12-25-11-2-7-23-25/h2,4-8,11,13,16H,1,3,9-10,12,14H2,(H,21,26)(H,22,27)/t16-/m1/s1. The zero-order valence-corrected chi connectivity index (χ0v) is 16.3. The van der Waals surface area contributed by atoms with Gasteiger partial charge in [0.25, 0.3) is 5.91 Å². The first kappa shape index (κ1) is 18.6. The number of carbonyl (C=O) groups is 1. The van der Waals surface area contributed by atoms with Crippen molar-refractivity contribution in [2.24, 2.45) is 0 Å². The van der Waals surface area contributed by atoms with E-state index in [2.05, 4.69) is 26.4 Å². The molecule has 1 aliphatic rings. The smallest absolute Gasteiger partial charge is 0.261 e. The predicted octanol–water partition coefficient (Wildman–Crippen LogP) is 2.40. The van der Waals surface area contributed by atoms with E-state index in [1.54, 1.807) is 34.5 Å². The molecule has 7 nitrogen and oxygen atoms in total. The highest BCUT2D eigenvalue weighted by Crippen LogP contribution is 2.36. The second-order valence-electron chi connectivity index (χ2n) is 6.92. The minimum atomic E-state index is -0.0709. The quantitative estimate of drug-likeness (QED) is 0.641. The summed E-state index contributed by atoms with van der Waals surface area (Å²) in [6, 6.07) is 9.74. The number of hydrogen-bond donors (Lipinski definition) is 2. The Morgan fingerprint density at radius 2 is 2.29 bits per heavy atom. The summed E-state index contributed by atoms with van der Waals surface area (Å²) < 4.78 is 1.80. The van der Waals surface area contributed by atoms with Gasteiger partial charge in [-0.1, -0.05) is 0 Å². The van der Waals surface area contributed by atoms with Crippen LogP contribution in [0.25, 0.3) is 0 Å². The first-order chi connectivity index (χ1) is 13.7. The van der Waals surface area contributed by atoms with Gasteiger partial charge in [-0.2, -0.15) is 5.10 Å². The van der Waals surface area contributed by atoms with Gasteiger partial charge in [-0.25, -0.2) is 0 Å². The Balaban J connectivity index is 1.37. The average molecular weight is 398 g/mol. The number of hydrogen-bond acceptors (Lipinski definition) is 5. The number of rotatable bonds is 7. The topological polar surface area (TPSA) is 83.0 Å². The number of likely N-dealkylation sites (tertiary alicyclic amines) is 1. The van der Waals surface area contributed by atoms with E-state index in [9.17, 15) is 9.59 Å². The summed E-state index contributed by atoms with van der Waals surface area (Å²) >= 11 is 1.56. The fourth-order valence-electron chi connectivity index (χ4n) is 3.62. The summed E-state index contributed by atoms with van der Waals surface area (Å²) in [7, 11) is 0. The Hall–Kier alpha value is -2.71. The molecule has 1 saturated heterocycles. The lowest BCUT2D eigenvalue weighted by Gasteiger charge is -2.23. The van der Waals surface area contributed by atoms with Crippen molar-refractivity contribution in [3.63, 3.8) is 0 Å². The van der Waals surface area contributed by atoms with Crippen LogP contribution in [-0.4, -0.2) is 38.7 Å². The van der Waals surface area contributed by atoms with Gasteiger partial charge >= 0.3 is 0 Å². The highest BCUT2D eigenvalue weighted by Gasteiger charge is 2.27. The molecule has 0 aliphatic carbocycles. The van der Waals surface area contributed by atoms with Crippen LogP contribution < -0.4 is 10.9 Å². The molecule has 3 aromatic heterocycles. The first-order valence-electron chi connectivity index (χ1n) is 9.46. The molecule has 0 saturated carbocycles. The number of nitrogens with one attached hydrogen (secondary N) is 2. The Labute approximate surface area is 167 Å². The van der Waals surface area contributed by atoms with Crippen LogP contribution in [0.15, 0.2) is 53.7 Å². The number of aromatic nitrogens is 3. The maximum absolute atomic E-state index is 12.4. The molecule has 4 rings (SSSR count). The van der Waals surface area contributed by atoms with Crippen molar-refractivity contribution in [2.45, 2.75) is 32.0 Å². The summed E-state index contributed by atoms with van der Waals surface area (Å²) in [5, 5.41) is 7.09. The third-order valence-electron chi connectivity index (χ3n) is 4.95. The van der Waals surface area contributed by atoms with Crippen LogP contribution in [0.4, 0.5) is 0 Å². The normalized spacial score (nSPS) is 17.1. The number of carbonyl (C=O) groups excluding carboxylic acids is 1. The molecule has 146 valence electrons. The van der Waals surface area contributed by atoms with Gasteiger partial charge in [0.05, 0.1) is 11.4 Å². The molecule has 1 amide bonds. The largest absolute Gasteiger partial charge is 0.349 e. The van der Waals surface area contributed by atoms with Crippen LogP contribution in [0, 0.1) is 0 Å². The summed E-state index contributed by atoms with van der Waals surface area (Å²) in [5.74, 6) is -0.0393. The SMILES string of the molecule is O=C(NCCn1cccn1)c1ccc([C@H]2CCCN2Cc2cc[nH]c(=O)c2)s1. The second kappa shape index (κ2) is 8.53. The molecule has 0 bridgehead atoms. The molecule has 2 N–H and O–H groups in total. The molecular weight excluding hydrogens is 374 g/mol. The van der Waals surface area contributed by atoms with Crippen molar-refractivity contribution in [3.8, 4) is 0 Å². The molecule has 0 radical (unpaired) electrons. The number of thiophene rings is 1. The van der Waals surface area contributed by atoms with Crippen molar-refractivity contribution >= 4 is 17.2 Å². The van der Waals surface area contributed by atoms with E-state index in [1.165, 1.54) is 4.88 Å². The lowest BCUT2D eigenvalue weighted by Crippen LogP contribution is -2.26. The van der Waals surface area contributed by atoms with E-state index >= 15 is 0 Å². The average Bonchev–Trinajstić information content (AvgIpc) is 3.43. The number of pyridine rings is 1. The van der Waals surface area contributed by atoms with Crippen molar-refractivity contribution < 1.29 is 4.79 Å². The molecule has 1 atom stereocenters. The molecule has 0 spiro atoms. The molecule has 1 fully saturated rings. The number of aromatic amines is 1. The lowest BCUT2D eigenvalue weighted by atomic mass is 10.1. The van der Waals surface area contributed by atoms with Gasteiger partial charge in [-0.05, 0) is 49.2 Å². The van der Waals surface area contributed by atoms with Crippen molar-refractivity contribution in [1.29, 1.82) is 0 Å². The Kier molecular flexibility index (Phi) is 5.68. The van der Waals surface area contributed by atoms with E-state index < -0.39 is 0 Å². The number of nitrogens with zero attached hydrogens (tertiary/aromatic N) is 3. The Morgan fingerprint density at radius 3 is 3.11 bits per heavy atom. The second-order valence-corrected chi connectivity index (χ2v) is 8.03. The Bertz CT molecular complexity index is 978. The molecule has 1 aliphatic heterocycles. The predicted molar refractivity (Wildman–Crippen MR) is 108 cm³/mol. The summed E-state index contributed by atoms with van der Waals surface area (Å²) in [6.45, 7) is 2.95. The summed E-state index contributed by atoms with van der Waals surface area (Å²) in [5.41, 5.74) is 0.947. The highest BCUT2D eigenvalue weighted by molar-refractivity contribution is 7.14. The fraction of sp³-hybridized carbons (Fsp3) is 0.350.